The molecule has 1 saturated heterocycles. The Bertz CT molecular complexity index is 653. The van der Waals surface area contributed by atoms with Gasteiger partial charge in [0.1, 0.15) is 0 Å². The monoisotopic (exact) mass is 311 g/mol. The van der Waals surface area contributed by atoms with Gasteiger partial charge in [-0.15, -0.1) is 0 Å². The summed E-state index contributed by atoms with van der Waals surface area (Å²) in [5.74, 6) is -1.03. The van der Waals surface area contributed by atoms with E-state index in [0.717, 1.165) is 5.56 Å². The van der Waals surface area contributed by atoms with Gasteiger partial charge in [-0.3, -0.25) is 4.79 Å². The average molecular weight is 311 g/mol. The van der Waals surface area contributed by atoms with Crippen LogP contribution < -0.4 is 5.32 Å². The number of sulfone groups is 1. The second-order valence-electron chi connectivity index (χ2n) is 5.11. The molecule has 6 nitrogen and oxygen atoms in total. The van der Waals surface area contributed by atoms with Crippen molar-refractivity contribution in [2.45, 2.75) is 19.4 Å². The molecule has 7 heteroatoms. The number of benzene rings is 1. The van der Waals surface area contributed by atoms with E-state index in [1.165, 1.54) is 0 Å². The highest BCUT2D eigenvalue weighted by atomic mass is 32.2. The van der Waals surface area contributed by atoms with Crippen molar-refractivity contribution in [3.63, 3.8) is 0 Å². The maximum Gasteiger partial charge on any atom is 0.338 e. The van der Waals surface area contributed by atoms with Crippen molar-refractivity contribution in [1.82, 2.24) is 5.32 Å². The van der Waals surface area contributed by atoms with Gasteiger partial charge in [-0.25, -0.2) is 13.2 Å². The van der Waals surface area contributed by atoms with Crippen LogP contribution in [-0.2, 0) is 19.4 Å². The number of hydrogen-bond acceptors (Lipinski definition) is 5. The van der Waals surface area contributed by atoms with Gasteiger partial charge in [0.15, 0.2) is 16.4 Å². The van der Waals surface area contributed by atoms with E-state index in [9.17, 15) is 18.0 Å². The number of hydrogen-bond donors (Lipinski definition) is 1. The van der Waals surface area contributed by atoms with E-state index in [1.807, 2.05) is 13.0 Å². The Morgan fingerprint density at radius 3 is 2.76 bits per heavy atom. The normalized spacial score (nSPS) is 20.0. The SMILES string of the molecule is Cc1cccc(C(=O)OCC(=O)N[C@@H]2CCS(=O)(=O)C2)c1. The fourth-order valence-electron chi connectivity index (χ4n) is 2.16. The molecule has 21 heavy (non-hydrogen) atoms. The van der Waals surface area contributed by atoms with Crippen molar-refractivity contribution >= 4 is 21.7 Å². The maximum atomic E-state index is 11.7. The van der Waals surface area contributed by atoms with E-state index < -0.39 is 28.3 Å². The summed E-state index contributed by atoms with van der Waals surface area (Å²) in [6, 6.07) is 6.47. The van der Waals surface area contributed by atoms with Crippen LogP contribution in [0, 0.1) is 6.92 Å². The number of carbonyl (C=O) groups is 2. The van der Waals surface area contributed by atoms with Gasteiger partial charge in [0.25, 0.3) is 5.91 Å². The lowest BCUT2D eigenvalue weighted by Crippen LogP contribution is -2.38. The molecular weight excluding hydrogens is 294 g/mol. The van der Waals surface area contributed by atoms with Gasteiger partial charge in [-0.05, 0) is 25.5 Å². The molecular formula is C14H17NO5S. The van der Waals surface area contributed by atoms with Crippen molar-refractivity contribution < 1.29 is 22.7 Å². The minimum absolute atomic E-state index is 0.0510. The van der Waals surface area contributed by atoms with Crippen LogP contribution in [0.15, 0.2) is 24.3 Å². The number of ether oxygens (including phenoxy) is 1. The topological polar surface area (TPSA) is 89.5 Å². The van der Waals surface area contributed by atoms with Crippen LogP contribution in [0.5, 0.6) is 0 Å². The smallest absolute Gasteiger partial charge is 0.338 e. The zero-order chi connectivity index (χ0) is 15.5. The first kappa shape index (κ1) is 15.5. The molecule has 1 aliphatic rings. The number of carbonyl (C=O) groups excluding carboxylic acids is 2. The minimum atomic E-state index is -3.04. The van der Waals surface area contributed by atoms with E-state index >= 15 is 0 Å². The predicted octanol–water partition coefficient (Wildman–Crippen LogP) is 0.455. The van der Waals surface area contributed by atoms with Gasteiger partial charge in [0.2, 0.25) is 0 Å². The first-order valence-corrected chi connectivity index (χ1v) is 8.41. The standard InChI is InChI=1S/C14H17NO5S/c1-10-3-2-4-11(7-10)14(17)20-8-13(16)15-12-5-6-21(18,19)9-12/h2-4,7,12H,5-6,8-9H2,1H3,(H,15,16)/t12-/m1/s1. The van der Waals surface area contributed by atoms with Crippen LogP contribution in [0.4, 0.5) is 0 Å². The highest BCUT2D eigenvalue weighted by Crippen LogP contribution is 2.11. The Hall–Kier alpha value is -1.89. The first-order chi connectivity index (χ1) is 9.85. The molecule has 0 unspecified atom stereocenters. The Morgan fingerprint density at radius 1 is 1.38 bits per heavy atom. The molecule has 1 heterocycles. The summed E-state index contributed by atoms with van der Waals surface area (Å²) in [5, 5.41) is 2.56. The Labute approximate surface area is 123 Å². The Balaban J connectivity index is 1.80. The van der Waals surface area contributed by atoms with E-state index in [-0.39, 0.29) is 17.5 Å². The van der Waals surface area contributed by atoms with Gasteiger partial charge in [-0.1, -0.05) is 17.7 Å². The lowest BCUT2D eigenvalue weighted by atomic mass is 10.1. The molecule has 1 aromatic carbocycles. The molecule has 1 N–H and O–H groups in total. The molecule has 1 atom stereocenters. The van der Waals surface area contributed by atoms with Crippen molar-refractivity contribution in [2.75, 3.05) is 18.1 Å². The zero-order valence-corrected chi connectivity index (χ0v) is 12.5. The summed E-state index contributed by atoms with van der Waals surface area (Å²) in [5.41, 5.74) is 1.30. The number of nitrogens with one attached hydrogen (secondary N) is 1. The van der Waals surface area contributed by atoms with Crippen LogP contribution >= 0.6 is 0 Å². The summed E-state index contributed by atoms with van der Waals surface area (Å²) in [4.78, 5) is 23.4. The van der Waals surface area contributed by atoms with Crippen LogP contribution in [-0.4, -0.2) is 44.4 Å². The molecule has 0 spiro atoms. The molecule has 0 radical (unpaired) electrons. The second-order valence-corrected chi connectivity index (χ2v) is 7.34. The number of esters is 1. The Kier molecular flexibility index (Phi) is 4.62. The zero-order valence-electron chi connectivity index (χ0n) is 11.7. The molecule has 2 rings (SSSR count). The van der Waals surface area contributed by atoms with E-state index in [1.54, 1.807) is 18.2 Å². The van der Waals surface area contributed by atoms with E-state index in [4.69, 9.17) is 4.74 Å². The van der Waals surface area contributed by atoms with Crippen LogP contribution in [0.3, 0.4) is 0 Å². The van der Waals surface area contributed by atoms with Crippen molar-refractivity contribution in [1.29, 1.82) is 0 Å². The van der Waals surface area contributed by atoms with Gasteiger partial charge in [0, 0.05) is 6.04 Å². The first-order valence-electron chi connectivity index (χ1n) is 6.59. The molecule has 0 saturated carbocycles. The number of amides is 1. The summed E-state index contributed by atoms with van der Waals surface area (Å²) in [6.07, 6.45) is 0.403. The van der Waals surface area contributed by atoms with Crippen molar-refractivity contribution in [2.24, 2.45) is 0 Å². The molecule has 1 aromatic rings. The number of aryl methyl sites for hydroxylation is 1. The molecule has 1 fully saturated rings. The van der Waals surface area contributed by atoms with E-state index in [0.29, 0.717) is 12.0 Å². The van der Waals surface area contributed by atoms with Crippen LogP contribution in [0.2, 0.25) is 0 Å². The maximum absolute atomic E-state index is 11.7. The van der Waals surface area contributed by atoms with Gasteiger partial charge < -0.3 is 10.1 Å². The molecule has 1 aliphatic heterocycles. The van der Waals surface area contributed by atoms with Crippen LogP contribution in [0.1, 0.15) is 22.3 Å². The summed E-state index contributed by atoms with van der Waals surface area (Å²) in [7, 11) is -3.04. The van der Waals surface area contributed by atoms with Gasteiger partial charge in [0.05, 0.1) is 17.1 Å². The third-order valence-corrected chi connectivity index (χ3v) is 4.95. The molecule has 0 bridgehead atoms. The molecule has 1 amide bonds. The van der Waals surface area contributed by atoms with Gasteiger partial charge in [-0.2, -0.15) is 0 Å². The summed E-state index contributed by atoms with van der Waals surface area (Å²) >= 11 is 0. The van der Waals surface area contributed by atoms with Gasteiger partial charge >= 0.3 is 5.97 Å². The Morgan fingerprint density at radius 2 is 2.14 bits per heavy atom. The lowest BCUT2D eigenvalue weighted by molar-refractivity contribution is -0.124. The highest BCUT2D eigenvalue weighted by molar-refractivity contribution is 7.91. The summed E-state index contributed by atoms with van der Waals surface area (Å²) < 4.78 is 27.4. The second kappa shape index (κ2) is 6.26. The minimum Gasteiger partial charge on any atom is -0.452 e. The fraction of sp³-hybridized carbons (Fsp3) is 0.429. The van der Waals surface area contributed by atoms with Crippen LogP contribution in [0.25, 0.3) is 0 Å². The quantitative estimate of drug-likeness (QED) is 0.816. The predicted molar refractivity (Wildman–Crippen MR) is 76.7 cm³/mol. The summed E-state index contributed by atoms with van der Waals surface area (Å²) in [6.45, 7) is 1.44. The third-order valence-electron chi connectivity index (χ3n) is 3.19. The lowest BCUT2D eigenvalue weighted by Gasteiger charge is -2.11. The highest BCUT2D eigenvalue weighted by Gasteiger charge is 2.29. The van der Waals surface area contributed by atoms with Crippen molar-refractivity contribution in [3.05, 3.63) is 35.4 Å². The molecule has 0 aliphatic carbocycles. The van der Waals surface area contributed by atoms with Crippen molar-refractivity contribution in [3.8, 4) is 0 Å². The average Bonchev–Trinajstić information content (AvgIpc) is 2.75. The fourth-order valence-corrected chi connectivity index (χ4v) is 3.84. The van der Waals surface area contributed by atoms with E-state index in [2.05, 4.69) is 5.32 Å². The largest absolute Gasteiger partial charge is 0.452 e. The molecule has 114 valence electrons. The third kappa shape index (κ3) is 4.56. The molecule has 0 aromatic heterocycles. The number of rotatable bonds is 4.